The maximum Gasteiger partial charge on any atom is 0.261 e. The second-order valence-corrected chi connectivity index (χ2v) is 6.14. The van der Waals surface area contributed by atoms with E-state index in [1.807, 2.05) is 49.0 Å². The number of hydrogen-bond donors (Lipinski definition) is 3. The van der Waals surface area contributed by atoms with Crippen molar-refractivity contribution in [2.24, 2.45) is 4.99 Å². The van der Waals surface area contributed by atoms with Crippen LogP contribution in [0.4, 0.5) is 0 Å². The smallest absolute Gasteiger partial charge is 0.261 e. The molecule has 2 rings (SSSR count). The molecule has 0 saturated heterocycles. The lowest BCUT2D eigenvalue weighted by Gasteiger charge is -2.11. The first-order valence-electron chi connectivity index (χ1n) is 8.24. The van der Waals surface area contributed by atoms with E-state index in [4.69, 9.17) is 0 Å². The van der Waals surface area contributed by atoms with Gasteiger partial charge in [0.05, 0.1) is 4.88 Å². The van der Waals surface area contributed by atoms with Gasteiger partial charge in [-0.2, -0.15) is 0 Å². The number of rotatable bonds is 9. The first-order valence-corrected chi connectivity index (χ1v) is 9.12. The van der Waals surface area contributed by atoms with E-state index in [-0.39, 0.29) is 5.91 Å². The van der Waals surface area contributed by atoms with Crippen LogP contribution in [-0.2, 0) is 6.54 Å². The number of aliphatic imine (C=N–C) groups is 1. The monoisotopic (exact) mass is 347 g/mol. The third-order valence-electron chi connectivity index (χ3n) is 3.31. The Labute approximate surface area is 147 Å². The molecule has 0 spiro atoms. The van der Waals surface area contributed by atoms with Crippen molar-refractivity contribution < 1.29 is 4.79 Å². The average molecular weight is 347 g/mol. The average Bonchev–Trinajstić information content (AvgIpc) is 3.28. The standard InChI is InChI=1S/C17H25N5OS/c1-2-18-17(21-10-13-22-11-3-4-12-22)20-9-6-8-19-16(23)15-7-5-14-24-15/h3-5,7,11-12,14H,2,6,8-10,13H2,1H3,(H,19,23)(H2,18,20,21). The molecule has 24 heavy (non-hydrogen) atoms. The summed E-state index contributed by atoms with van der Waals surface area (Å²) in [4.78, 5) is 17.1. The predicted molar refractivity (Wildman–Crippen MR) is 99.7 cm³/mol. The molecule has 2 aromatic rings. The molecule has 7 heteroatoms. The third kappa shape index (κ3) is 6.45. The van der Waals surface area contributed by atoms with Gasteiger partial charge < -0.3 is 20.5 Å². The van der Waals surface area contributed by atoms with E-state index < -0.39 is 0 Å². The molecule has 0 aliphatic carbocycles. The zero-order chi connectivity index (χ0) is 17.0. The van der Waals surface area contributed by atoms with Crippen molar-refractivity contribution in [2.75, 3.05) is 26.2 Å². The molecule has 2 aromatic heterocycles. The summed E-state index contributed by atoms with van der Waals surface area (Å²) >= 11 is 1.45. The maximum absolute atomic E-state index is 11.8. The van der Waals surface area contributed by atoms with Crippen LogP contribution in [0, 0.1) is 0 Å². The van der Waals surface area contributed by atoms with Crippen molar-refractivity contribution in [1.82, 2.24) is 20.5 Å². The zero-order valence-electron chi connectivity index (χ0n) is 14.0. The molecule has 0 atom stereocenters. The highest BCUT2D eigenvalue weighted by atomic mass is 32.1. The van der Waals surface area contributed by atoms with Crippen LogP contribution in [0.5, 0.6) is 0 Å². The number of carbonyl (C=O) groups excluding carboxylic acids is 1. The topological polar surface area (TPSA) is 70.4 Å². The number of nitrogens with zero attached hydrogens (tertiary/aromatic N) is 2. The van der Waals surface area contributed by atoms with E-state index >= 15 is 0 Å². The predicted octanol–water partition coefficient (Wildman–Crippen LogP) is 1.92. The largest absolute Gasteiger partial charge is 0.357 e. The van der Waals surface area contributed by atoms with Gasteiger partial charge in [0.2, 0.25) is 0 Å². The van der Waals surface area contributed by atoms with Gasteiger partial charge in [0, 0.05) is 45.1 Å². The quantitative estimate of drug-likeness (QED) is 0.369. The molecular weight excluding hydrogens is 322 g/mol. The first kappa shape index (κ1) is 18.1. The maximum atomic E-state index is 11.8. The van der Waals surface area contributed by atoms with Crippen LogP contribution < -0.4 is 16.0 Å². The molecular formula is C17H25N5OS. The van der Waals surface area contributed by atoms with Gasteiger partial charge in [0.15, 0.2) is 5.96 Å². The van der Waals surface area contributed by atoms with E-state index in [0.717, 1.165) is 36.9 Å². The summed E-state index contributed by atoms with van der Waals surface area (Å²) < 4.78 is 2.12. The van der Waals surface area contributed by atoms with Crippen LogP contribution in [0.15, 0.2) is 47.0 Å². The summed E-state index contributed by atoms with van der Waals surface area (Å²) in [5, 5.41) is 11.4. The van der Waals surface area contributed by atoms with Crippen molar-refractivity contribution in [3.05, 3.63) is 46.9 Å². The van der Waals surface area contributed by atoms with E-state index in [9.17, 15) is 4.79 Å². The summed E-state index contributed by atoms with van der Waals surface area (Å²) in [6.45, 7) is 5.88. The molecule has 0 aromatic carbocycles. The Hall–Kier alpha value is -2.28. The van der Waals surface area contributed by atoms with Gasteiger partial charge in [-0.1, -0.05) is 6.07 Å². The second kappa shape index (κ2) is 10.5. The molecule has 1 amide bonds. The summed E-state index contributed by atoms with van der Waals surface area (Å²) in [5.41, 5.74) is 0. The molecule has 0 unspecified atom stereocenters. The van der Waals surface area contributed by atoms with E-state index in [0.29, 0.717) is 13.1 Å². The van der Waals surface area contributed by atoms with Crippen molar-refractivity contribution in [3.8, 4) is 0 Å². The first-order chi connectivity index (χ1) is 11.8. The second-order valence-electron chi connectivity index (χ2n) is 5.20. The van der Waals surface area contributed by atoms with Crippen molar-refractivity contribution in [3.63, 3.8) is 0 Å². The highest BCUT2D eigenvalue weighted by Gasteiger charge is 2.04. The van der Waals surface area contributed by atoms with Gasteiger partial charge in [0.1, 0.15) is 0 Å². The molecule has 0 bridgehead atoms. The van der Waals surface area contributed by atoms with E-state index in [1.165, 1.54) is 11.3 Å². The van der Waals surface area contributed by atoms with Crippen molar-refractivity contribution in [2.45, 2.75) is 19.9 Å². The molecule has 130 valence electrons. The van der Waals surface area contributed by atoms with Crippen LogP contribution in [-0.4, -0.2) is 42.6 Å². The van der Waals surface area contributed by atoms with Gasteiger partial charge in [0.25, 0.3) is 5.91 Å². The SMILES string of the molecule is CCNC(=NCCCNC(=O)c1cccs1)NCCn1cccc1. The van der Waals surface area contributed by atoms with Crippen molar-refractivity contribution >= 4 is 23.2 Å². The Morgan fingerprint density at radius 2 is 2.00 bits per heavy atom. The Morgan fingerprint density at radius 3 is 2.71 bits per heavy atom. The molecule has 6 nitrogen and oxygen atoms in total. The molecule has 3 N–H and O–H groups in total. The van der Waals surface area contributed by atoms with Crippen LogP contribution in [0.1, 0.15) is 23.0 Å². The normalized spacial score (nSPS) is 11.3. The minimum absolute atomic E-state index is 0.00858. The minimum Gasteiger partial charge on any atom is -0.357 e. The minimum atomic E-state index is -0.00858. The fourth-order valence-corrected chi connectivity index (χ4v) is 2.77. The molecule has 0 aliphatic heterocycles. The Morgan fingerprint density at radius 1 is 1.17 bits per heavy atom. The summed E-state index contributed by atoms with van der Waals surface area (Å²) in [5.74, 6) is 0.806. The van der Waals surface area contributed by atoms with Crippen LogP contribution in [0.3, 0.4) is 0 Å². The number of nitrogens with one attached hydrogen (secondary N) is 3. The van der Waals surface area contributed by atoms with E-state index in [2.05, 4.69) is 25.5 Å². The highest BCUT2D eigenvalue weighted by molar-refractivity contribution is 7.12. The molecule has 0 radical (unpaired) electrons. The fraction of sp³-hybridized carbons (Fsp3) is 0.412. The van der Waals surface area contributed by atoms with Gasteiger partial charge in [-0.05, 0) is 36.9 Å². The number of amides is 1. The number of guanidine groups is 1. The Balaban J connectivity index is 1.63. The number of thiophene rings is 1. The van der Waals surface area contributed by atoms with Gasteiger partial charge >= 0.3 is 0 Å². The summed E-state index contributed by atoms with van der Waals surface area (Å²) in [6, 6.07) is 7.75. The molecule has 0 aliphatic rings. The lowest BCUT2D eigenvalue weighted by atomic mass is 10.4. The molecule has 0 saturated carbocycles. The fourth-order valence-electron chi connectivity index (χ4n) is 2.13. The summed E-state index contributed by atoms with van der Waals surface area (Å²) in [6.07, 6.45) is 4.90. The third-order valence-corrected chi connectivity index (χ3v) is 4.18. The summed E-state index contributed by atoms with van der Waals surface area (Å²) in [7, 11) is 0. The number of hydrogen-bond acceptors (Lipinski definition) is 3. The van der Waals surface area contributed by atoms with Crippen LogP contribution >= 0.6 is 11.3 Å². The van der Waals surface area contributed by atoms with Crippen molar-refractivity contribution in [1.29, 1.82) is 0 Å². The van der Waals surface area contributed by atoms with Gasteiger partial charge in [-0.25, -0.2) is 0 Å². The van der Waals surface area contributed by atoms with Crippen LogP contribution in [0.25, 0.3) is 0 Å². The van der Waals surface area contributed by atoms with Gasteiger partial charge in [-0.15, -0.1) is 11.3 Å². The molecule has 0 fully saturated rings. The number of aromatic nitrogens is 1. The van der Waals surface area contributed by atoms with Gasteiger partial charge in [-0.3, -0.25) is 9.79 Å². The lowest BCUT2D eigenvalue weighted by molar-refractivity contribution is 0.0957. The lowest BCUT2D eigenvalue weighted by Crippen LogP contribution is -2.39. The highest BCUT2D eigenvalue weighted by Crippen LogP contribution is 2.07. The molecule has 2 heterocycles. The number of carbonyl (C=O) groups is 1. The zero-order valence-corrected chi connectivity index (χ0v) is 14.8. The Kier molecular flexibility index (Phi) is 7.89. The Bertz CT molecular complexity index is 607. The van der Waals surface area contributed by atoms with Crippen LogP contribution in [0.2, 0.25) is 0 Å². The van der Waals surface area contributed by atoms with E-state index in [1.54, 1.807) is 0 Å².